The van der Waals surface area contributed by atoms with E-state index in [1.807, 2.05) is 24.3 Å². The second-order valence-electron chi connectivity index (χ2n) is 9.54. The molecule has 1 fully saturated rings. The van der Waals surface area contributed by atoms with Crippen LogP contribution in [0.5, 0.6) is 5.75 Å². The van der Waals surface area contributed by atoms with Crippen molar-refractivity contribution in [1.29, 1.82) is 0 Å². The van der Waals surface area contributed by atoms with Gasteiger partial charge in [0.05, 0.1) is 19.4 Å². The van der Waals surface area contributed by atoms with Gasteiger partial charge in [-0.05, 0) is 93.5 Å². The zero-order valence-corrected chi connectivity index (χ0v) is 22.8. The lowest BCUT2D eigenvalue weighted by Gasteiger charge is -2.33. The third kappa shape index (κ3) is 7.24. The van der Waals surface area contributed by atoms with E-state index >= 15 is 0 Å². The van der Waals surface area contributed by atoms with Gasteiger partial charge in [-0.1, -0.05) is 12.1 Å². The van der Waals surface area contributed by atoms with Gasteiger partial charge in [-0.2, -0.15) is 0 Å². The molecule has 3 aromatic rings. The predicted molar refractivity (Wildman–Crippen MR) is 152 cm³/mol. The number of para-hydroxylation sites is 2. The van der Waals surface area contributed by atoms with Crippen molar-refractivity contribution >= 4 is 29.2 Å². The molecule has 1 aliphatic rings. The first-order valence-electron chi connectivity index (χ1n) is 13.4. The molecule has 1 N–H and O–H groups in total. The third-order valence-corrected chi connectivity index (χ3v) is 7.00. The molecule has 0 atom stereocenters. The van der Waals surface area contributed by atoms with Crippen LogP contribution in [0.1, 0.15) is 40.5 Å². The Bertz CT molecular complexity index is 1310. The van der Waals surface area contributed by atoms with Crippen LogP contribution in [0.15, 0.2) is 72.8 Å². The molecule has 0 aromatic heterocycles. The molecule has 8 nitrogen and oxygen atoms in total. The fourth-order valence-corrected chi connectivity index (χ4v) is 4.83. The summed E-state index contributed by atoms with van der Waals surface area (Å²) >= 11 is 0. The normalized spacial score (nSPS) is 13.9. The van der Waals surface area contributed by atoms with E-state index in [1.165, 1.54) is 12.1 Å². The molecule has 210 valence electrons. The summed E-state index contributed by atoms with van der Waals surface area (Å²) in [5.74, 6) is -0.0276. The Labute approximate surface area is 233 Å². The van der Waals surface area contributed by atoms with E-state index in [0.29, 0.717) is 54.2 Å². The molecule has 9 heteroatoms. The minimum atomic E-state index is -0.555. The van der Waals surface area contributed by atoms with Crippen molar-refractivity contribution in [1.82, 2.24) is 4.90 Å². The highest BCUT2D eigenvalue weighted by Crippen LogP contribution is 2.30. The lowest BCUT2D eigenvalue weighted by Crippen LogP contribution is -2.43. The number of anilines is 2. The van der Waals surface area contributed by atoms with Crippen LogP contribution in [0.3, 0.4) is 0 Å². The maximum atomic E-state index is 13.7. The molecule has 0 spiro atoms. The van der Waals surface area contributed by atoms with Crippen molar-refractivity contribution in [2.45, 2.75) is 19.8 Å². The number of nitrogens with zero attached hydrogens (tertiary/aromatic N) is 2. The molecule has 0 saturated carbocycles. The number of ketones is 1. The van der Waals surface area contributed by atoms with Crippen molar-refractivity contribution in [3.8, 4) is 5.75 Å². The Kier molecular flexibility index (Phi) is 9.86. The SMILES string of the molecule is CCOC(=O)Nc1ccc(C(=O)N(CCN2CCC(C(=O)c3ccc(F)cc3)CC2)c2ccccc2OC)cc1. The standard InChI is InChI=1S/C31H34FN3O5/c1-3-40-31(38)33-26-14-10-24(11-15-26)30(37)35(27-6-4-5-7-28(27)39-2)21-20-34-18-16-23(17-19-34)29(36)22-8-12-25(32)13-9-22/h4-15,23H,3,16-21H2,1-2H3,(H,33,38). The van der Waals surface area contributed by atoms with E-state index in [9.17, 15) is 18.8 Å². The second-order valence-corrected chi connectivity index (χ2v) is 9.54. The lowest BCUT2D eigenvalue weighted by molar-refractivity contribution is 0.0841. The molecule has 3 aromatic carbocycles. The largest absolute Gasteiger partial charge is 0.495 e. The first-order chi connectivity index (χ1) is 19.4. The molecule has 2 amide bonds. The number of Topliss-reactive ketones (excluding diaryl/α,β-unsaturated/α-hetero) is 1. The van der Waals surface area contributed by atoms with Crippen LogP contribution in [-0.2, 0) is 4.74 Å². The molecule has 1 aliphatic heterocycles. The number of hydrogen-bond donors (Lipinski definition) is 1. The minimum absolute atomic E-state index is 0.0476. The summed E-state index contributed by atoms with van der Waals surface area (Å²) in [5.41, 5.74) is 2.18. The highest BCUT2D eigenvalue weighted by Gasteiger charge is 2.27. The highest BCUT2D eigenvalue weighted by molar-refractivity contribution is 6.07. The van der Waals surface area contributed by atoms with E-state index in [1.54, 1.807) is 55.3 Å². The molecule has 4 rings (SSSR count). The number of likely N-dealkylation sites (tertiary alicyclic amines) is 1. The van der Waals surface area contributed by atoms with Crippen LogP contribution in [-0.4, -0.2) is 62.6 Å². The van der Waals surface area contributed by atoms with Crippen molar-refractivity contribution in [2.75, 3.05) is 50.1 Å². The van der Waals surface area contributed by atoms with E-state index in [4.69, 9.17) is 9.47 Å². The van der Waals surface area contributed by atoms with Gasteiger partial charge < -0.3 is 19.3 Å². The zero-order chi connectivity index (χ0) is 28.5. The molecule has 1 saturated heterocycles. The maximum absolute atomic E-state index is 13.7. The predicted octanol–water partition coefficient (Wildman–Crippen LogP) is 5.64. The summed E-state index contributed by atoms with van der Waals surface area (Å²) in [4.78, 5) is 42.2. The van der Waals surface area contributed by atoms with Gasteiger partial charge in [0.2, 0.25) is 0 Å². The Morgan fingerprint density at radius 1 is 0.950 bits per heavy atom. The van der Waals surface area contributed by atoms with Crippen LogP contribution in [0.25, 0.3) is 0 Å². The number of nitrogens with one attached hydrogen (secondary N) is 1. The fraction of sp³-hybridized carbons (Fsp3) is 0.323. The van der Waals surface area contributed by atoms with Gasteiger partial charge in [0.1, 0.15) is 11.6 Å². The fourth-order valence-electron chi connectivity index (χ4n) is 4.83. The number of carbonyl (C=O) groups is 3. The summed E-state index contributed by atoms with van der Waals surface area (Å²) in [6.07, 6.45) is 0.849. The number of rotatable bonds is 10. The van der Waals surface area contributed by atoms with Gasteiger partial charge >= 0.3 is 6.09 Å². The van der Waals surface area contributed by atoms with E-state index in [0.717, 1.165) is 13.1 Å². The number of amides is 2. The van der Waals surface area contributed by atoms with Crippen molar-refractivity contribution in [3.63, 3.8) is 0 Å². The molecular formula is C31H34FN3O5. The number of benzene rings is 3. The average Bonchev–Trinajstić information content (AvgIpc) is 2.98. The summed E-state index contributed by atoms with van der Waals surface area (Å²) in [6, 6.07) is 19.7. The van der Waals surface area contributed by atoms with E-state index < -0.39 is 6.09 Å². The van der Waals surface area contributed by atoms with Gasteiger partial charge in [-0.15, -0.1) is 0 Å². The van der Waals surface area contributed by atoms with Crippen LogP contribution in [0.4, 0.5) is 20.6 Å². The summed E-state index contributed by atoms with van der Waals surface area (Å²) in [7, 11) is 1.57. The monoisotopic (exact) mass is 547 g/mol. The molecule has 40 heavy (non-hydrogen) atoms. The van der Waals surface area contributed by atoms with Crippen LogP contribution in [0, 0.1) is 11.7 Å². The van der Waals surface area contributed by atoms with E-state index in [2.05, 4.69) is 10.2 Å². The van der Waals surface area contributed by atoms with Gasteiger partial charge in [-0.3, -0.25) is 14.9 Å². The molecule has 0 radical (unpaired) electrons. The van der Waals surface area contributed by atoms with Crippen molar-refractivity contribution in [3.05, 3.63) is 89.7 Å². The van der Waals surface area contributed by atoms with Crippen molar-refractivity contribution < 1.29 is 28.2 Å². The maximum Gasteiger partial charge on any atom is 0.411 e. The first-order valence-corrected chi connectivity index (χ1v) is 13.4. The average molecular weight is 548 g/mol. The van der Waals surface area contributed by atoms with Gasteiger partial charge in [0, 0.05) is 35.8 Å². The molecular weight excluding hydrogens is 513 g/mol. The third-order valence-electron chi connectivity index (χ3n) is 7.00. The number of hydrogen-bond acceptors (Lipinski definition) is 6. The summed E-state index contributed by atoms with van der Waals surface area (Å²) in [5, 5.41) is 2.63. The van der Waals surface area contributed by atoms with Crippen LogP contribution < -0.4 is 15.0 Å². The molecule has 0 bridgehead atoms. The minimum Gasteiger partial charge on any atom is -0.495 e. The van der Waals surface area contributed by atoms with Gasteiger partial charge in [0.15, 0.2) is 5.78 Å². The smallest absolute Gasteiger partial charge is 0.411 e. The second kappa shape index (κ2) is 13.7. The molecule has 0 aliphatic carbocycles. The van der Waals surface area contributed by atoms with Gasteiger partial charge in [0.25, 0.3) is 5.91 Å². The van der Waals surface area contributed by atoms with Crippen LogP contribution in [0.2, 0.25) is 0 Å². The topological polar surface area (TPSA) is 88.2 Å². The Balaban J connectivity index is 1.42. The first kappa shape index (κ1) is 28.8. The quantitative estimate of drug-likeness (QED) is 0.331. The molecule has 1 heterocycles. The zero-order valence-electron chi connectivity index (χ0n) is 22.8. The number of carbonyl (C=O) groups excluding carboxylic acids is 3. The van der Waals surface area contributed by atoms with Gasteiger partial charge in [-0.25, -0.2) is 9.18 Å². The summed E-state index contributed by atoms with van der Waals surface area (Å²) < 4.78 is 23.7. The number of halogens is 1. The van der Waals surface area contributed by atoms with Crippen molar-refractivity contribution in [2.24, 2.45) is 5.92 Å². The van der Waals surface area contributed by atoms with E-state index in [-0.39, 0.29) is 30.0 Å². The number of piperidine rings is 1. The Hall–Kier alpha value is -4.24. The molecule has 0 unspecified atom stereocenters. The lowest BCUT2D eigenvalue weighted by atomic mass is 9.89. The highest BCUT2D eigenvalue weighted by atomic mass is 19.1. The number of ether oxygens (including phenoxy) is 2. The Morgan fingerprint density at radius 2 is 1.60 bits per heavy atom. The number of methoxy groups -OCH3 is 1. The summed E-state index contributed by atoms with van der Waals surface area (Å²) in [6.45, 7) is 4.46. The van der Waals surface area contributed by atoms with Crippen LogP contribution >= 0.6 is 0 Å². The Morgan fingerprint density at radius 3 is 2.25 bits per heavy atom.